The van der Waals surface area contributed by atoms with Gasteiger partial charge in [-0.15, -0.1) is 11.6 Å². The summed E-state index contributed by atoms with van der Waals surface area (Å²) in [4.78, 5) is 17.2. The number of carbonyl (C=O) groups excluding carboxylic acids is 1. The van der Waals surface area contributed by atoms with E-state index in [-0.39, 0.29) is 11.3 Å². The average molecular weight is 213 g/mol. The molecular formula is C10H13ClN2O. The number of alkyl halides is 1. The summed E-state index contributed by atoms with van der Waals surface area (Å²) in [5.74, 6) is -0.0504. The van der Waals surface area contributed by atoms with Crippen molar-refractivity contribution < 1.29 is 4.79 Å². The second kappa shape index (κ2) is 4.96. The highest BCUT2D eigenvalue weighted by Gasteiger charge is 2.12. The first-order chi connectivity index (χ1) is 6.61. The monoisotopic (exact) mass is 212 g/mol. The molecule has 0 saturated carbocycles. The summed E-state index contributed by atoms with van der Waals surface area (Å²) >= 11 is 5.79. The summed E-state index contributed by atoms with van der Waals surface area (Å²) in [6.07, 6.45) is 3.19. The summed E-state index contributed by atoms with van der Waals surface area (Å²) < 4.78 is 0. The molecule has 1 atom stereocenters. The van der Waals surface area contributed by atoms with Gasteiger partial charge in [0.1, 0.15) is 0 Å². The van der Waals surface area contributed by atoms with Crippen LogP contribution in [0.5, 0.6) is 0 Å². The van der Waals surface area contributed by atoms with Crippen molar-refractivity contribution in [2.45, 2.75) is 12.3 Å². The van der Waals surface area contributed by atoms with Gasteiger partial charge >= 0.3 is 0 Å². The standard InChI is InChI=1S/C10H13ClN2O/c1-8(11)7-13(2)10(14)9-4-3-5-12-6-9/h3-6,8H,7H2,1-2H3. The molecule has 1 aromatic heterocycles. The summed E-state index contributed by atoms with van der Waals surface area (Å²) in [5.41, 5.74) is 0.590. The topological polar surface area (TPSA) is 33.2 Å². The Bertz CT molecular complexity index is 300. The smallest absolute Gasteiger partial charge is 0.255 e. The molecule has 1 heterocycles. The molecule has 1 rings (SSSR count). The lowest BCUT2D eigenvalue weighted by atomic mass is 10.2. The maximum atomic E-state index is 11.7. The van der Waals surface area contributed by atoms with Crippen LogP contribution >= 0.6 is 11.6 Å². The highest BCUT2D eigenvalue weighted by atomic mass is 35.5. The van der Waals surface area contributed by atoms with Crippen molar-refractivity contribution in [3.05, 3.63) is 30.1 Å². The first-order valence-electron chi connectivity index (χ1n) is 4.41. The molecule has 0 saturated heterocycles. The number of halogens is 1. The Balaban J connectivity index is 2.66. The minimum Gasteiger partial charge on any atom is -0.340 e. The van der Waals surface area contributed by atoms with Gasteiger partial charge in [0.2, 0.25) is 0 Å². The van der Waals surface area contributed by atoms with Crippen molar-refractivity contribution in [3.63, 3.8) is 0 Å². The molecule has 1 aromatic rings. The van der Waals surface area contributed by atoms with Crippen LogP contribution in [-0.4, -0.2) is 34.8 Å². The van der Waals surface area contributed by atoms with Crippen molar-refractivity contribution in [1.29, 1.82) is 0 Å². The van der Waals surface area contributed by atoms with Gasteiger partial charge in [0.05, 0.1) is 5.56 Å². The van der Waals surface area contributed by atoms with E-state index in [0.29, 0.717) is 12.1 Å². The molecule has 1 amide bonds. The number of rotatable bonds is 3. The Morgan fingerprint density at radius 1 is 1.71 bits per heavy atom. The van der Waals surface area contributed by atoms with Gasteiger partial charge in [-0.3, -0.25) is 9.78 Å². The Kier molecular flexibility index (Phi) is 3.89. The van der Waals surface area contributed by atoms with Crippen LogP contribution in [0.25, 0.3) is 0 Å². The van der Waals surface area contributed by atoms with Gasteiger partial charge in [0.15, 0.2) is 0 Å². The van der Waals surface area contributed by atoms with Crippen molar-refractivity contribution >= 4 is 17.5 Å². The van der Waals surface area contributed by atoms with E-state index in [1.807, 2.05) is 6.92 Å². The molecule has 0 bridgehead atoms. The minimum absolute atomic E-state index is 0.0411. The van der Waals surface area contributed by atoms with Gasteiger partial charge in [-0.25, -0.2) is 0 Å². The number of amides is 1. The molecule has 0 spiro atoms. The lowest BCUT2D eigenvalue weighted by molar-refractivity contribution is 0.0796. The lowest BCUT2D eigenvalue weighted by Gasteiger charge is -2.17. The van der Waals surface area contributed by atoms with E-state index in [2.05, 4.69) is 4.98 Å². The van der Waals surface area contributed by atoms with Gasteiger partial charge in [-0.1, -0.05) is 0 Å². The molecule has 0 aromatic carbocycles. The highest BCUT2D eigenvalue weighted by molar-refractivity contribution is 6.20. The van der Waals surface area contributed by atoms with E-state index in [1.54, 1.807) is 36.5 Å². The Labute approximate surface area is 88.7 Å². The highest BCUT2D eigenvalue weighted by Crippen LogP contribution is 2.03. The maximum Gasteiger partial charge on any atom is 0.255 e. The maximum absolute atomic E-state index is 11.7. The van der Waals surface area contributed by atoms with Crippen molar-refractivity contribution in [1.82, 2.24) is 9.88 Å². The SMILES string of the molecule is CC(Cl)CN(C)C(=O)c1cccnc1. The van der Waals surface area contributed by atoms with E-state index in [4.69, 9.17) is 11.6 Å². The molecule has 0 N–H and O–H groups in total. The lowest BCUT2D eigenvalue weighted by Crippen LogP contribution is -2.31. The quantitative estimate of drug-likeness (QED) is 0.716. The fraction of sp³-hybridized carbons (Fsp3) is 0.400. The number of nitrogens with zero attached hydrogens (tertiary/aromatic N) is 2. The molecular weight excluding hydrogens is 200 g/mol. The third-order valence-electron chi connectivity index (χ3n) is 1.78. The number of pyridine rings is 1. The Morgan fingerprint density at radius 3 is 2.93 bits per heavy atom. The van der Waals surface area contributed by atoms with Gasteiger partial charge in [-0.2, -0.15) is 0 Å². The molecule has 0 aliphatic heterocycles. The van der Waals surface area contributed by atoms with E-state index in [1.165, 1.54) is 0 Å². The average Bonchev–Trinajstić information content (AvgIpc) is 2.17. The molecule has 3 nitrogen and oxygen atoms in total. The summed E-state index contributed by atoms with van der Waals surface area (Å²) in [7, 11) is 1.73. The van der Waals surface area contributed by atoms with Crippen LogP contribution in [0.1, 0.15) is 17.3 Å². The summed E-state index contributed by atoms with van der Waals surface area (Å²) in [5, 5.41) is -0.0411. The second-order valence-electron chi connectivity index (χ2n) is 3.21. The first kappa shape index (κ1) is 11.0. The molecule has 76 valence electrons. The molecule has 0 aliphatic rings. The van der Waals surface area contributed by atoms with Gasteiger partial charge < -0.3 is 4.90 Å². The largest absolute Gasteiger partial charge is 0.340 e. The number of hydrogen-bond acceptors (Lipinski definition) is 2. The Hall–Kier alpha value is -1.09. The van der Waals surface area contributed by atoms with E-state index in [9.17, 15) is 4.79 Å². The zero-order chi connectivity index (χ0) is 10.6. The van der Waals surface area contributed by atoms with Gasteiger partial charge in [0, 0.05) is 31.4 Å². The van der Waals surface area contributed by atoms with E-state index < -0.39 is 0 Å². The van der Waals surface area contributed by atoms with Gasteiger partial charge in [-0.05, 0) is 19.1 Å². The van der Waals surface area contributed by atoms with Crippen LogP contribution in [0.4, 0.5) is 0 Å². The fourth-order valence-corrected chi connectivity index (χ4v) is 1.38. The normalized spacial score (nSPS) is 12.2. The number of hydrogen-bond donors (Lipinski definition) is 0. The van der Waals surface area contributed by atoms with Crippen LogP contribution in [0.15, 0.2) is 24.5 Å². The number of aromatic nitrogens is 1. The fourth-order valence-electron chi connectivity index (χ4n) is 1.17. The second-order valence-corrected chi connectivity index (χ2v) is 3.95. The minimum atomic E-state index is -0.0504. The van der Waals surface area contributed by atoms with Crippen molar-refractivity contribution in [2.75, 3.05) is 13.6 Å². The van der Waals surface area contributed by atoms with Crippen LogP contribution in [-0.2, 0) is 0 Å². The predicted octanol–water partition coefficient (Wildman–Crippen LogP) is 1.78. The predicted molar refractivity (Wildman–Crippen MR) is 56.5 cm³/mol. The van der Waals surface area contributed by atoms with Crippen LogP contribution in [0, 0.1) is 0 Å². The first-order valence-corrected chi connectivity index (χ1v) is 4.84. The summed E-state index contributed by atoms with van der Waals surface area (Å²) in [6.45, 7) is 2.39. The van der Waals surface area contributed by atoms with Crippen molar-refractivity contribution in [2.24, 2.45) is 0 Å². The molecule has 4 heteroatoms. The zero-order valence-corrected chi connectivity index (χ0v) is 9.03. The van der Waals surface area contributed by atoms with Crippen LogP contribution in [0.2, 0.25) is 0 Å². The van der Waals surface area contributed by atoms with Crippen LogP contribution < -0.4 is 0 Å². The molecule has 0 fully saturated rings. The third-order valence-corrected chi connectivity index (χ3v) is 1.92. The molecule has 0 radical (unpaired) electrons. The van der Waals surface area contributed by atoms with E-state index >= 15 is 0 Å². The number of carbonyl (C=O) groups is 1. The molecule has 0 aliphatic carbocycles. The third kappa shape index (κ3) is 3.00. The zero-order valence-electron chi connectivity index (χ0n) is 8.27. The molecule has 1 unspecified atom stereocenters. The van der Waals surface area contributed by atoms with E-state index in [0.717, 1.165) is 0 Å². The van der Waals surface area contributed by atoms with Crippen molar-refractivity contribution in [3.8, 4) is 0 Å². The Morgan fingerprint density at radius 2 is 2.43 bits per heavy atom. The molecule has 14 heavy (non-hydrogen) atoms. The summed E-state index contributed by atoms with van der Waals surface area (Å²) in [6, 6.07) is 3.48. The van der Waals surface area contributed by atoms with Crippen LogP contribution in [0.3, 0.4) is 0 Å². The van der Waals surface area contributed by atoms with Gasteiger partial charge in [0.25, 0.3) is 5.91 Å².